The number of hydrogen-bond donors (Lipinski definition) is 1. The Kier molecular flexibility index (Phi) is 3.40. The van der Waals surface area contributed by atoms with E-state index < -0.39 is 0 Å². The number of benzene rings is 1. The van der Waals surface area contributed by atoms with Gasteiger partial charge in [-0.15, -0.1) is 0 Å². The number of aryl methyl sites for hydroxylation is 1. The summed E-state index contributed by atoms with van der Waals surface area (Å²) in [6.07, 6.45) is 6.55. The summed E-state index contributed by atoms with van der Waals surface area (Å²) in [4.78, 5) is 2.53. The number of unbranched alkanes of at least 4 members (excludes halogenated alkanes) is 1. The zero-order valence-electron chi connectivity index (χ0n) is 11.1. The first-order chi connectivity index (χ1) is 8.76. The van der Waals surface area contributed by atoms with Crippen LogP contribution in [0.15, 0.2) is 30.3 Å². The largest absolute Gasteiger partial charge is 0.323 e. The van der Waals surface area contributed by atoms with Crippen LogP contribution in [0.1, 0.15) is 31.2 Å². The van der Waals surface area contributed by atoms with Gasteiger partial charge in [0.2, 0.25) is 0 Å². The highest BCUT2D eigenvalue weighted by Crippen LogP contribution is 2.42. The van der Waals surface area contributed by atoms with Crippen LogP contribution in [0, 0.1) is 5.92 Å². The maximum Gasteiger partial charge on any atom is 0.0440 e. The molecule has 2 heteroatoms. The van der Waals surface area contributed by atoms with Gasteiger partial charge in [0.25, 0.3) is 0 Å². The lowest BCUT2D eigenvalue weighted by molar-refractivity contribution is 0.0535. The van der Waals surface area contributed by atoms with Crippen LogP contribution in [0.25, 0.3) is 0 Å². The van der Waals surface area contributed by atoms with Crippen LogP contribution >= 0.6 is 0 Å². The van der Waals surface area contributed by atoms with E-state index in [1.54, 1.807) is 0 Å². The summed E-state index contributed by atoms with van der Waals surface area (Å²) in [6.45, 7) is 3.52. The van der Waals surface area contributed by atoms with Crippen molar-refractivity contribution in [3.8, 4) is 0 Å². The van der Waals surface area contributed by atoms with Gasteiger partial charge in [0, 0.05) is 18.6 Å². The molecule has 0 atom stereocenters. The fourth-order valence-corrected chi connectivity index (χ4v) is 3.17. The Morgan fingerprint density at radius 1 is 1.11 bits per heavy atom. The third kappa shape index (κ3) is 2.76. The van der Waals surface area contributed by atoms with Crippen LogP contribution in [0.2, 0.25) is 0 Å². The van der Waals surface area contributed by atoms with Crippen molar-refractivity contribution in [2.45, 2.75) is 37.6 Å². The number of nitrogens with zero attached hydrogens (tertiary/aromatic N) is 1. The van der Waals surface area contributed by atoms with Gasteiger partial charge in [0.15, 0.2) is 0 Å². The third-order valence-electron chi connectivity index (χ3n) is 4.46. The van der Waals surface area contributed by atoms with E-state index in [1.165, 1.54) is 44.2 Å². The van der Waals surface area contributed by atoms with E-state index in [2.05, 4.69) is 35.2 Å². The van der Waals surface area contributed by atoms with E-state index in [9.17, 15) is 0 Å². The van der Waals surface area contributed by atoms with Gasteiger partial charge in [-0.25, -0.2) is 0 Å². The van der Waals surface area contributed by atoms with Crippen molar-refractivity contribution in [3.05, 3.63) is 35.9 Å². The lowest BCUT2D eigenvalue weighted by atomic mass is 9.85. The summed E-state index contributed by atoms with van der Waals surface area (Å²) in [7, 11) is 0. The van der Waals surface area contributed by atoms with Crippen LogP contribution in [-0.2, 0) is 6.42 Å². The van der Waals surface area contributed by atoms with Gasteiger partial charge in [-0.3, -0.25) is 4.90 Å². The van der Waals surface area contributed by atoms with E-state index >= 15 is 0 Å². The molecule has 0 aromatic heterocycles. The number of rotatable bonds is 6. The molecule has 1 aromatic carbocycles. The highest BCUT2D eigenvalue weighted by molar-refractivity contribution is 5.14. The monoisotopic (exact) mass is 244 g/mol. The lowest BCUT2D eigenvalue weighted by Gasteiger charge is -2.48. The summed E-state index contributed by atoms with van der Waals surface area (Å²) in [5.74, 6) is 0.845. The fourth-order valence-electron chi connectivity index (χ4n) is 3.17. The second kappa shape index (κ2) is 5.02. The molecule has 1 saturated heterocycles. The van der Waals surface area contributed by atoms with Crippen LogP contribution in [0.3, 0.4) is 0 Å². The Hall–Kier alpha value is -0.860. The molecule has 98 valence electrons. The Labute approximate surface area is 110 Å². The molecular formula is C16H24N2. The van der Waals surface area contributed by atoms with Crippen molar-refractivity contribution in [3.63, 3.8) is 0 Å². The van der Waals surface area contributed by atoms with E-state index in [1.807, 2.05) is 0 Å². The van der Waals surface area contributed by atoms with Crippen LogP contribution in [-0.4, -0.2) is 30.1 Å². The van der Waals surface area contributed by atoms with Crippen LogP contribution < -0.4 is 5.73 Å². The van der Waals surface area contributed by atoms with Crippen molar-refractivity contribution in [2.24, 2.45) is 11.7 Å². The molecule has 0 spiro atoms. The minimum atomic E-state index is 0.194. The first-order valence-corrected chi connectivity index (χ1v) is 7.31. The Bertz CT molecular complexity index is 377. The predicted molar refractivity (Wildman–Crippen MR) is 75.5 cm³/mol. The zero-order chi connectivity index (χ0) is 12.4. The molecule has 0 radical (unpaired) electrons. The molecule has 2 aliphatic rings. The average Bonchev–Trinajstić information content (AvgIpc) is 3.17. The van der Waals surface area contributed by atoms with Crippen LogP contribution in [0.4, 0.5) is 0 Å². The molecule has 1 aromatic rings. The molecule has 3 rings (SSSR count). The van der Waals surface area contributed by atoms with Gasteiger partial charge in [-0.05, 0) is 50.1 Å². The molecular weight excluding hydrogens is 220 g/mol. The normalized spacial score (nSPS) is 22.7. The highest BCUT2D eigenvalue weighted by atomic mass is 15.3. The molecule has 2 nitrogen and oxygen atoms in total. The fraction of sp³-hybridized carbons (Fsp3) is 0.625. The van der Waals surface area contributed by atoms with Crippen molar-refractivity contribution in [1.29, 1.82) is 0 Å². The van der Waals surface area contributed by atoms with Gasteiger partial charge >= 0.3 is 0 Å². The second-order valence-corrected chi connectivity index (χ2v) is 6.16. The van der Waals surface area contributed by atoms with Crippen molar-refractivity contribution < 1.29 is 0 Å². The van der Waals surface area contributed by atoms with E-state index in [0.29, 0.717) is 0 Å². The molecule has 0 unspecified atom stereocenters. The highest BCUT2D eigenvalue weighted by Gasteiger charge is 2.49. The summed E-state index contributed by atoms with van der Waals surface area (Å²) in [5.41, 5.74) is 8.01. The van der Waals surface area contributed by atoms with Gasteiger partial charge in [-0.2, -0.15) is 0 Å². The summed E-state index contributed by atoms with van der Waals surface area (Å²) in [5, 5.41) is 0. The van der Waals surface area contributed by atoms with E-state index in [-0.39, 0.29) is 5.54 Å². The standard InChI is InChI=1S/C16H24N2/c17-16(15-9-10-15)12-18(13-16)11-5-4-8-14-6-2-1-3-7-14/h1-3,6-7,15H,4-5,8-13,17H2. The van der Waals surface area contributed by atoms with Gasteiger partial charge < -0.3 is 5.73 Å². The van der Waals surface area contributed by atoms with Gasteiger partial charge in [-0.1, -0.05) is 30.3 Å². The predicted octanol–water partition coefficient (Wildman–Crippen LogP) is 2.43. The van der Waals surface area contributed by atoms with Gasteiger partial charge in [0.05, 0.1) is 0 Å². The maximum absolute atomic E-state index is 6.35. The Balaban J connectivity index is 1.30. The number of likely N-dealkylation sites (tertiary alicyclic amines) is 1. The Morgan fingerprint density at radius 3 is 2.50 bits per heavy atom. The minimum absolute atomic E-state index is 0.194. The van der Waals surface area contributed by atoms with Crippen molar-refractivity contribution in [2.75, 3.05) is 19.6 Å². The van der Waals surface area contributed by atoms with Gasteiger partial charge in [0.1, 0.15) is 0 Å². The summed E-state index contributed by atoms with van der Waals surface area (Å²) >= 11 is 0. The molecule has 1 saturated carbocycles. The molecule has 1 aliphatic carbocycles. The smallest absolute Gasteiger partial charge is 0.0440 e. The molecule has 2 fully saturated rings. The van der Waals surface area contributed by atoms with Crippen molar-refractivity contribution in [1.82, 2.24) is 4.90 Å². The topological polar surface area (TPSA) is 29.3 Å². The molecule has 2 N–H and O–H groups in total. The van der Waals surface area contributed by atoms with E-state index in [0.717, 1.165) is 19.0 Å². The first kappa shape index (κ1) is 12.2. The zero-order valence-corrected chi connectivity index (χ0v) is 11.1. The first-order valence-electron chi connectivity index (χ1n) is 7.31. The molecule has 1 heterocycles. The molecule has 18 heavy (non-hydrogen) atoms. The number of nitrogens with two attached hydrogens (primary N) is 1. The quantitative estimate of drug-likeness (QED) is 0.779. The summed E-state index contributed by atoms with van der Waals surface area (Å²) in [6, 6.07) is 10.8. The summed E-state index contributed by atoms with van der Waals surface area (Å²) < 4.78 is 0. The molecule has 0 amide bonds. The van der Waals surface area contributed by atoms with Crippen LogP contribution in [0.5, 0.6) is 0 Å². The van der Waals surface area contributed by atoms with E-state index in [4.69, 9.17) is 5.73 Å². The number of hydrogen-bond acceptors (Lipinski definition) is 2. The lowest BCUT2D eigenvalue weighted by Crippen LogP contribution is -2.68. The third-order valence-corrected chi connectivity index (χ3v) is 4.46. The average molecular weight is 244 g/mol. The second-order valence-electron chi connectivity index (χ2n) is 6.16. The molecule has 0 bridgehead atoms. The SMILES string of the molecule is NC1(C2CC2)CN(CCCCc2ccccc2)C1. The maximum atomic E-state index is 6.35. The Morgan fingerprint density at radius 2 is 1.83 bits per heavy atom. The van der Waals surface area contributed by atoms with Crippen molar-refractivity contribution >= 4 is 0 Å². The molecule has 1 aliphatic heterocycles. The minimum Gasteiger partial charge on any atom is -0.323 e.